The van der Waals surface area contributed by atoms with Crippen molar-refractivity contribution in [3.8, 4) is 0 Å². The Morgan fingerprint density at radius 3 is 2.42 bits per heavy atom. The summed E-state index contributed by atoms with van der Waals surface area (Å²) >= 11 is 0. The van der Waals surface area contributed by atoms with Crippen LogP contribution in [0.15, 0.2) is 30.3 Å². The highest BCUT2D eigenvalue weighted by Crippen LogP contribution is 2.12. The van der Waals surface area contributed by atoms with Gasteiger partial charge in [0.15, 0.2) is 0 Å². The molecule has 5 nitrogen and oxygen atoms in total. The number of hydrogen-bond donors (Lipinski definition) is 3. The number of aliphatic hydroxyl groups is 2. The fraction of sp³-hybridized carbons (Fsp3) is 0.500. The fourth-order valence-electron chi connectivity index (χ4n) is 1.78. The van der Waals surface area contributed by atoms with Crippen LogP contribution in [-0.2, 0) is 11.3 Å². The molecule has 5 heteroatoms. The molecule has 0 spiro atoms. The maximum Gasteiger partial charge on any atom is 0.407 e. The number of aliphatic hydroxyl groups excluding tert-OH is 1. The molecule has 0 aliphatic carbocycles. The lowest BCUT2D eigenvalue weighted by atomic mass is 9.95. The number of amides is 1. The SMILES string of the molecule is C[C@@H](O)[C@H](NC(=O)OCc1ccccc1)C(C)(C)O. The molecule has 0 heterocycles. The highest BCUT2D eigenvalue weighted by Gasteiger charge is 2.32. The second kappa shape index (κ2) is 6.54. The van der Waals surface area contributed by atoms with Crippen molar-refractivity contribution in [2.75, 3.05) is 0 Å². The number of benzene rings is 1. The van der Waals surface area contributed by atoms with E-state index in [4.69, 9.17) is 4.74 Å². The first-order chi connectivity index (χ1) is 8.80. The van der Waals surface area contributed by atoms with Crippen LogP contribution >= 0.6 is 0 Å². The normalized spacial score (nSPS) is 14.6. The van der Waals surface area contributed by atoms with Gasteiger partial charge in [-0.05, 0) is 26.3 Å². The molecule has 1 amide bonds. The van der Waals surface area contributed by atoms with Crippen molar-refractivity contribution in [2.24, 2.45) is 0 Å². The molecule has 2 atom stereocenters. The van der Waals surface area contributed by atoms with E-state index in [-0.39, 0.29) is 6.61 Å². The van der Waals surface area contributed by atoms with E-state index in [0.717, 1.165) is 5.56 Å². The third-order valence-corrected chi connectivity index (χ3v) is 2.73. The zero-order chi connectivity index (χ0) is 14.5. The smallest absolute Gasteiger partial charge is 0.407 e. The van der Waals surface area contributed by atoms with Crippen molar-refractivity contribution in [1.82, 2.24) is 5.32 Å². The highest BCUT2D eigenvalue weighted by molar-refractivity contribution is 5.67. The van der Waals surface area contributed by atoms with Crippen LogP contribution in [0.3, 0.4) is 0 Å². The van der Waals surface area contributed by atoms with Gasteiger partial charge in [0, 0.05) is 0 Å². The van der Waals surface area contributed by atoms with Gasteiger partial charge in [0.05, 0.1) is 17.7 Å². The number of alkyl carbamates (subject to hydrolysis) is 1. The molecule has 0 saturated carbocycles. The largest absolute Gasteiger partial charge is 0.445 e. The van der Waals surface area contributed by atoms with Gasteiger partial charge in [-0.2, -0.15) is 0 Å². The maximum atomic E-state index is 11.6. The molecule has 1 aromatic rings. The van der Waals surface area contributed by atoms with E-state index in [0.29, 0.717) is 0 Å². The third kappa shape index (κ3) is 5.28. The minimum Gasteiger partial charge on any atom is -0.445 e. The molecule has 19 heavy (non-hydrogen) atoms. The van der Waals surface area contributed by atoms with E-state index >= 15 is 0 Å². The second-order valence-corrected chi connectivity index (χ2v) is 5.08. The van der Waals surface area contributed by atoms with Gasteiger partial charge in [-0.15, -0.1) is 0 Å². The summed E-state index contributed by atoms with van der Waals surface area (Å²) in [5.74, 6) is 0. The molecule has 1 aromatic carbocycles. The molecule has 0 bridgehead atoms. The lowest BCUT2D eigenvalue weighted by Gasteiger charge is -2.31. The molecule has 0 aromatic heterocycles. The molecular weight excluding hydrogens is 246 g/mol. The Morgan fingerprint density at radius 1 is 1.37 bits per heavy atom. The predicted octanol–water partition coefficient (Wildman–Crippen LogP) is 1.43. The summed E-state index contributed by atoms with van der Waals surface area (Å²) in [5, 5.41) is 21.9. The van der Waals surface area contributed by atoms with Crippen LogP contribution in [-0.4, -0.2) is 34.1 Å². The molecule has 0 radical (unpaired) electrons. The zero-order valence-electron chi connectivity index (χ0n) is 11.5. The Morgan fingerprint density at radius 2 is 1.95 bits per heavy atom. The fourth-order valence-corrected chi connectivity index (χ4v) is 1.78. The summed E-state index contributed by atoms with van der Waals surface area (Å²) in [6, 6.07) is 8.47. The third-order valence-electron chi connectivity index (χ3n) is 2.73. The van der Waals surface area contributed by atoms with Crippen molar-refractivity contribution in [2.45, 2.75) is 45.1 Å². The van der Waals surface area contributed by atoms with Gasteiger partial charge in [-0.25, -0.2) is 4.79 Å². The zero-order valence-corrected chi connectivity index (χ0v) is 11.5. The van der Waals surface area contributed by atoms with Crippen molar-refractivity contribution < 1.29 is 19.7 Å². The number of hydrogen-bond acceptors (Lipinski definition) is 4. The average Bonchev–Trinajstić information content (AvgIpc) is 2.33. The number of carbonyl (C=O) groups is 1. The van der Waals surface area contributed by atoms with Gasteiger partial charge in [0.2, 0.25) is 0 Å². The summed E-state index contributed by atoms with van der Waals surface area (Å²) in [4.78, 5) is 11.6. The molecule has 0 saturated heterocycles. The van der Waals surface area contributed by atoms with Gasteiger partial charge >= 0.3 is 6.09 Å². The molecule has 0 fully saturated rings. The summed E-state index contributed by atoms with van der Waals surface area (Å²) in [7, 11) is 0. The van der Waals surface area contributed by atoms with E-state index in [9.17, 15) is 15.0 Å². The van der Waals surface area contributed by atoms with Crippen molar-refractivity contribution in [3.05, 3.63) is 35.9 Å². The summed E-state index contributed by atoms with van der Waals surface area (Å²) < 4.78 is 5.03. The maximum absolute atomic E-state index is 11.6. The van der Waals surface area contributed by atoms with Crippen LogP contribution in [0, 0.1) is 0 Å². The van der Waals surface area contributed by atoms with Gasteiger partial charge in [0.25, 0.3) is 0 Å². The number of carbonyl (C=O) groups excluding carboxylic acids is 1. The molecule has 0 aliphatic rings. The van der Waals surface area contributed by atoms with Crippen molar-refractivity contribution in [1.29, 1.82) is 0 Å². The molecule has 0 aliphatic heterocycles. The van der Waals surface area contributed by atoms with Gasteiger partial charge in [0.1, 0.15) is 6.61 Å². The van der Waals surface area contributed by atoms with E-state index in [1.165, 1.54) is 20.8 Å². The monoisotopic (exact) mass is 267 g/mol. The van der Waals surface area contributed by atoms with E-state index < -0.39 is 23.8 Å². The molecule has 1 rings (SSSR count). The van der Waals surface area contributed by atoms with Gasteiger partial charge in [-0.1, -0.05) is 30.3 Å². The molecule has 0 unspecified atom stereocenters. The molecule has 106 valence electrons. The Bertz CT molecular complexity index is 398. The summed E-state index contributed by atoms with van der Waals surface area (Å²) in [6.45, 7) is 4.68. The highest BCUT2D eigenvalue weighted by atomic mass is 16.5. The number of ether oxygens (including phenoxy) is 1. The van der Waals surface area contributed by atoms with E-state index in [1.54, 1.807) is 0 Å². The predicted molar refractivity (Wildman–Crippen MR) is 71.5 cm³/mol. The van der Waals surface area contributed by atoms with Crippen LogP contribution in [0.5, 0.6) is 0 Å². The van der Waals surface area contributed by atoms with Crippen molar-refractivity contribution >= 4 is 6.09 Å². The minimum atomic E-state index is -1.24. The van der Waals surface area contributed by atoms with Crippen LogP contribution in [0.25, 0.3) is 0 Å². The Hall–Kier alpha value is -1.59. The van der Waals surface area contributed by atoms with Gasteiger partial charge < -0.3 is 20.3 Å². The number of nitrogens with one attached hydrogen (secondary N) is 1. The second-order valence-electron chi connectivity index (χ2n) is 5.08. The number of rotatable bonds is 5. The van der Waals surface area contributed by atoms with Crippen LogP contribution in [0.2, 0.25) is 0 Å². The lowest BCUT2D eigenvalue weighted by Crippen LogP contribution is -2.55. The summed E-state index contributed by atoms with van der Waals surface area (Å²) in [6.07, 6.45) is -1.55. The first-order valence-corrected chi connectivity index (χ1v) is 6.18. The minimum absolute atomic E-state index is 0.144. The van der Waals surface area contributed by atoms with Crippen molar-refractivity contribution in [3.63, 3.8) is 0 Å². The molecule has 3 N–H and O–H groups in total. The van der Waals surface area contributed by atoms with Gasteiger partial charge in [-0.3, -0.25) is 0 Å². The lowest BCUT2D eigenvalue weighted by molar-refractivity contribution is -0.0150. The Balaban J connectivity index is 2.50. The molecular formula is C14H21NO4. The topological polar surface area (TPSA) is 78.8 Å². The standard InChI is InChI=1S/C14H21NO4/c1-10(16)12(14(2,3)18)15-13(17)19-9-11-7-5-4-6-8-11/h4-8,10,12,16,18H,9H2,1-3H3,(H,15,17)/t10-,12+/m1/s1. The van der Waals surface area contributed by atoms with Crippen LogP contribution < -0.4 is 5.32 Å². The Kier molecular flexibility index (Phi) is 5.32. The van der Waals surface area contributed by atoms with Crippen LogP contribution in [0.1, 0.15) is 26.3 Å². The quantitative estimate of drug-likeness (QED) is 0.754. The first-order valence-electron chi connectivity index (χ1n) is 6.18. The van der Waals surface area contributed by atoms with E-state index in [1.807, 2.05) is 30.3 Å². The Labute approximate surface area is 113 Å². The summed E-state index contributed by atoms with van der Waals surface area (Å²) in [5.41, 5.74) is -0.366. The first kappa shape index (κ1) is 15.5. The van der Waals surface area contributed by atoms with Crippen LogP contribution in [0.4, 0.5) is 4.79 Å². The average molecular weight is 267 g/mol. The van der Waals surface area contributed by atoms with E-state index in [2.05, 4.69) is 5.32 Å².